The van der Waals surface area contributed by atoms with Gasteiger partial charge in [0.1, 0.15) is 23.3 Å². The molecule has 2 atom stereocenters. The number of nitrogens with zero attached hydrogens (tertiary/aromatic N) is 3. The average molecular weight is 580 g/mol. The standard InChI is InChI=1S/C35H34FN3O2S/c1-3-4-5-6-9-29-23(2)33(42-32(29)20-27(21-37)35(40)41)25-14-16-26(17-15-25)34-38-30-10-7-8-11-31(30)39(34)22-24-12-18-28(36)19-13-24/h7-8,10-20,23,33H,3-6,9,22H2,1-2H3,(H,40,41)/b27-20+. The third-order valence-electron chi connectivity index (χ3n) is 7.91. The smallest absolute Gasteiger partial charge is 0.346 e. The highest BCUT2D eigenvalue weighted by Gasteiger charge is 2.33. The molecule has 42 heavy (non-hydrogen) atoms. The minimum Gasteiger partial charge on any atom is -0.477 e. The number of nitriles is 1. The molecule has 1 aromatic heterocycles. The molecule has 0 aliphatic carbocycles. The first-order valence-corrected chi connectivity index (χ1v) is 15.3. The number of carboxylic acids is 1. The first-order valence-electron chi connectivity index (χ1n) is 14.4. The predicted octanol–water partition coefficient (Wildman–Crippen LogP) is 9.07. The van der Waals surface area contributed by atoms with Crippen molar-refractivity contribution >= 4 is 28.8 Å². The van der Waals surface area contributed by atoms with E-state index in [4.69, 9.17) is 4.98 Å². The van der Waals surface area contributed by atoms with Gasteiger partial charge in [-0.1, -0.05) is 87.2 Å². The summed E-state index contributed by atoms with van der Waals surface area (Å²) in [5.74, 6) is -0.392. The van der Waals surface area contributed by atoms with Crippen molar-refractivity contribution in [3.8, 4) is 17.5 Å². The number of aliphatic carboxylic acids is 1. The Morgan fingerprint density at radius 1 is 1.07 bits per heavy atom. The zero-order valence-electron chi connectivity index (χ0n) is 23.9. The summed E-state index contributed by atoms with van der Waals surface area (Å²) in [6, 6.07) is 24.9. The minimum atomic E-state index is -1.19. The highest BCUT2D eigenvalue weighted by Crippen LogP contribution is 2.53. The van der Waals surface area contributed by atoms with Crippen molar-refractivity contribution in [3.63, 3.8) is 0 Å². The molecule has 4 aromatic rings. The van der Waals surface area contributed by atoms with Gasteiger partial charge in [0.05, 0.1) is 11.0 Å². The van der Waals surface area contributed by atoms with Crippen LogP contribution in [0.15, 0.2) is 94.9 Å². The number of thioether (sulfide) groups is 1. The molecule has 7 heteroatoms. The second-order valence-corrected chi connectivity index (χ2v) is 11.9. The molecule has 0 fully saturated rings. The van der Waals surface area contributed by atoms with Crippen molar-refractivity contribution in [2.24, 2.45) is 5.92 Å². The van der Waals surface area contributed by atoms with Crippen LogP contribution >= 0.6 is 11.8 Å². The molecule has 0 amide bonds. The lowest BCUT2D eigenvalue weighted by Gasteiger charge is -2.19. The Morgan fingerprint density at radius 2 is 1.81 bits per heavy atom. The molecule has 1 aliphatic rings. The Bertz CT molecular complexity index is 1680. The molecule has 0 saturated heterocycles. The fourth-order valence-corrected chi connectivity index (χ4v) is 7.18. The van der Waals surface area contributed by atoms with Crippen molar-refractivity contribution in [1.29, 1.82) is 5.26 Å². The lowest BCUT2D eigenvalue weighted by atomic mass is 9.89. The largest absolute Gasteiger partial charge is 0.477 e. The van der Waals surface area contributed by atoms with Gasteiger partial charge in [0.25, 0.3) is 0 Å². The van der Waals surface area contributed by atoms with Crippen molar-refractivity contribution in [1.82, 2.24) is 9.55 Å². The van der Waals surface area contributed by atoms with Crippen molar-refractivity contribution in [2.45, 2.75) is 57.7 Å². The van der Waals surface area contributed by atoms with E-state index in [2.05, 4.69) is 48.7 Å². The van der Waals surface area contributed by atoms with E-state index in [9.17, 15) is 19.6 Å². The number of benzene rings is 3. The summed E-state index contributed by atoms with van der Waals surface area (Å²) in [7, 11) is 0. The summed E-state index contributed by atoms with van der Waals surface area (Å²) in [6.07, 6.45) is 6.98. The number of aromatic nitrogens is 2. The Labute approximate surface area is 250 Å². The maximum atomic E-state index is 13.5. The van der Waals surface area contributed by atoms with Crippen LogP contribution in [0.2, 0.25) is 0 Å². The van der Waals surface area contributed by atoms with E-state index < -0.39 is 5.97 Å². The predicted molar refractivity (Wildman–Crippen MR) is 167 cm³/mol. The van der Waals surface area contributed by atoms with Crippen LogP contribution in [-0.2, 0) is 11.3 Å². The fraction of sp³-hybridized carbons (Fsp3) is 0.286. The summed E-state index contributed by atoms with van der Waals surface area (Å²) in [5, 5.41) is 19.0. The molecular formula is C35H34FN3O2S. The van der Waals surface area contributed by atoms with E-state index in [0.717, 1.165) is 64.1 Å². The normalized spacial score (nSPS) is 17.1. The van der Waals surface area contributed by atoms with Crippen LogP contribution in [0.25, 0.3) is 22.4 Å². The maximum absolute atomic E-state index is 13.5. The molecule has 2 heterocycles. The minimum absolute atomic E-state index is 0.123. The Hall–Kier alpha value is -4.15. The Morgan fingerprint density at radius 3 is 2.50 bits per heavy atom. The molecule has 0 bridgehead atoms. The third-order valence-corrected chi connectivity index (χ3v) is 9.47. The zero-order chi connectivity index (χ0) is 29.6. The van der Waals surface area contributed by atoms with Crippen LogP contribution in [0.1, 0.15) is 62.3 Å². The van der Waals surface area contributed by atoms with Gasteiger partial charge in [0, 0.05) is 22.3 Å². The fourth-order valence-electron chi connectivity index (χ4n) is 5.62. The zero-order valence-corrected chi connectivity index (χ0v) is 24.7. The van der Waals surface area contributed by atoms with Gasteiger partial charge in [-0.2, -0.15) is 5.26 Å². The molecule has 3 aromatic carbocycles. The first kappa shape index (κ1) is 29.3. The van der Waals surface area contributed by atoms with Gasteiger partial charge in [-0.05, 0) is 60.2 Å². The highest BCUT2D eigenvalue weighted by atomic mass is 32.2. The SMILES string of the molecule is CCCCCCC1=C(/C=C(\C#N)C(=O)O)SC(c2ccc(-c3nc4ccccc4n3Cc3ccc(F)cc3)cc2)C1C. The van der Waals surface area contributed by atoms with Gasteiger partial charge in [0.2, 0.25) is 0 Å². The van der Waals surface area contributed by atoms with Crippen LogP contribution in [0.3, 0.4) is 0 Å². The molecule has 2 unspecified atom stereocenters. The van der Waals surface area contributed by atoms with Crippen LogP contribution in [-0.4, -0.2) is 20.6 Å². The quantitative estimate of drug-likeness (QED) is 0.109. The van der Waals surface area contributed by atoms with Crippen LogP contribution in [0, 0.1) is 23.1 Å². The number of halogens is 1. The Kier molecular flexibility index (Phi) is 9.24. The average Bonchev–Trinajstić information content (AvgIpc) is 3.52. The first-order chi connectivity index (χ1) is 20.4. The second-order valence-electron chi connectivity index (χ2n) is 10.8. The van der Waals surface area contributed by atoms with E-state index in [1.165, 1.54) is 24.1 Å². The van der Waals surface area contributed by atoms with Gasteiger partial charge >= 0.3 is 5.97 Å². The van der Waals surface area contributed by atoms with E-state index in [0.29, 0.717) is 6.54 Å². The summed E-state index contributed by atoms with van der Waals surface area (Å²) < 4.78 is 15.7. The number of hydrogen-bond acceptors (Lipinski definition) is 4. The Balaban J connectivity index is 1.44. The van der Waals surface area contributed by atoms with Crippen LogP contribution < -0.4 is 0 Å². The molecule has 0 spiro atoms. The summed E-state index contributed by atoms with van der Waals surface area (Å²) in [6.45, 7) is 4.96. The molecule has 1 aliphatic heterocycles. The van der Waals surface area contributed by atoms with E-state index in [1.54, 1.807) is 30.0 Å². The highest BCUT2D eigenvalue weighted by molar-refractivity contribution is 8.03. The molecule has 214 valence electrons. The number of fused-ring (bicyclic) bond motifs is 1. The van der Waals surface area contributed by atoms with Crippen molar-refractivity contribution in [3.05, 3.63) is 112 Å². The molecule has 0 saturated carbocycles. The van der Waals surface area contributed by atoms with Crippen molar-refractivity contribution < 1.29 is 14.3 Å². The van der Waals surface area contributed by atoms with E-state index >= 15 is 0 Å². The maximum Gasteiger partial charge on any atom is 0.346 e. The number of rotatable bonds is 11. The number of para-hydroxylation sites is 2. The van der Waals surface area contributed by atoms with Crippen LogP contribution in [0.5, 0.6) is 0 Å². The number of hydrogen-bond donors (Lipinski definition) is 1. The number of carbonyl (C=O) groups is 1. The number of imidazole rings is 1. The monoisotopic (exact) mass is 579 g/mol. The van der Waals surface area contributed by atoms with Gasteiger partial charge < -0.3 is 9.67 Å². The summed E-state index contributed by atoms with van der Waals surface area (Å²) >= 11 is 1.65. The van der Waals surface area contributed by atoms with E-state index in [1.807, 2.05) is 24.3 Å². The van der Waals surface area contributed by atoms with Gasteiger partial charge in [-0.15, -0.1) is 11.8 Å². The number of allylic oxidation sites excluding steroid dienone is 2. The molecule has 5 rings (SSSR count). The molecule has 0 radical (unpaired) electrons. The molecule has 5 nitrogen and oxygen atoms in total. The summed E-state index contributed by atoms with van der Waals surface area (Å²) in [5.41, 5.74) is 6.05. The second kappa shape index (κ2) is 13.2. The number of unbranched alkanes of at least 4 members (excludes halogenated alkanes) is 3. The summed E-state index contributed by atoms with van der Waals surface area (Å²) in [4.78, 5) is 17.5. The topological polar surface area (TPSA) is 78.9 Å². The van der Waals surface area contributed by atoms with Crippen molar-refractivity contribution in [2.75, 3.05) is 0 Å². The van der Waals surface area contributed by atoms with Gasteiger partial charge in [-0.25, -0.2) is 14.2 Å². The van der Waals surface area contributed by atoms with Gasteiger partial charge in [-0.3, -0.25) is 0 Å². The molecular weight excluding hydrogens is 545 g/mol. The third kappa shape index (κ3) is 6.34. The lowest BCUT2D eigenvalue weighted by molar-refractivity contribution is -0.132. The van der Waals surface area contributed by atoms with Gasteiger partial charge in [0.15, 0.2) is 0 Å². The number of carboxylic acid groups (broad SMARTS) is 1. The molecule has 1 N–H and O–H groups in total. The lowest BCUT2D eigenvalue weighted by Crippen LogP contribution is -2.05. The van der Waals surface area contributed by atoms with E-state index in [-0.39, 0.29) is 22.6 Å². The van der Waals surface area contributed by atoms with Crippen LogP contribution in [0.4, 0.5) is 4.39 Å².